The Hall–Kier alpha value is -3.80. The third-order valence-electron chi connectivity index (χ3n) is 5.95. The van der Waals surface area contributed by atoms with Crippen molar-refractivity contribution in [3.63, 3.8) is 0 Å². The Bertz CT molecular complexity index is 1480. The summed E-state index contributed by atoms with van der Waals surface area (Å²) in [4.78, 5) is 14.7. The standard InChI is InChI=1S/C25H25N9S2/c1-33-11-13-34(14-12-33)32-31-18-9-7-17(8-10-18)20-15-19(16-5-3-2-4-6-16)21-22(27-20)29-25(36)30-23(21)28-24(26)35/h2-10,15H,11-14H2,1H3,(H4,26,27,28,29,30,35,36). The van der Waals surface area contributed by atoms with E-state index in [0.29, 0.717) is 11.5 Å². The third kappa shape index (κ3) is 5.38. The van der Waals surface area contributed by atoms with Crippen molar-refractivity contribution in [2.75, 3.05) is 38.5 Å². The molecule has 1 aliphatic heterocycles. The Morgan fingerprint density at radius 3 is 2.42 bits per heavy atom. The number of hydrogen-bond donors (Lipinski definition) is 3. The first kappa shape index (κ1) is 23.9. The van der Waals surface area contributed by atoms with E-state index in [1.54, 1.807) is 0 Å². The molecule has 1 saturated heterocycles. The van der Waals surface area contributed by atoms with Gasteiger partial charge in [0.1, 0.15) is 11.5 Å². The van der Waals surface area contributed by atoms with Crippen molar-refractivity contribution in [1.29, 1.82) is 0 Å². The zero-order chi connectivity index (χ0) is 25.1. The number of piperazine rings is 1. The molecule has 0 saturated carbocycles. The van der Waals surface area contributed by atoms with Crippen LogP contribution < -0.4 is 11.1 Å². The molecule has 182 valence electrons. The lowest BCUT2D eigenvalue weighted by Gasteiger charge is -2.29. The summed E-state index contributed by atoms with van der Waals surface area (Å²) in [6.07, 6.45) is 0. The normalized spacial score (nSPS) is 14.4. The van der Waals surface area contributed by atoms with Crippen molar-refractivity contribution >= 4 is 52.1 Å². The lowest BCUT2D eigenvalue weighted by molar-refractivity contribution is 0.150. The van der Waals surface area contributed by atoms with E-state index in [2.05, 4.69) is 37.6 Å². The molecule has 36 heavy (non-hydrogen) atoms. The fourth-order valence-electron chi connectivity index (χ4n) is 4.06. The number of H-pyrrole nitrogens is 1. The molecule has 0 radical (unpaired) electrons. The van der Waals surface area contributed by atoms with Crippen molar-refractivity contribution in [3.05, 3.63) is 65.4 Å². The zero-order valence-corrected chi connectivity index (χ0v) is 21.3. The number of nitrogens with one attached hydrogen (secondary N) is 2. The summed E-state index contributed by atoms with van der Waals surface area (Å²) in [5, 5.41) is 14.6. The van der Waals surface area contributed by atoms with Gasteiger partial charge in [0.25, 0.3) is 0 Å². The molecule has 11 heteroatoms. The Morgan fingerprint density at radius 1 is 1.00 bits per heavy atom. The summed E-state index contributed by atoms with van der Waals surface area (Å²) in [5.41, 5.74) is 10.8. The van der Waals surface area contributed by atoms with Crippen molar-refractivity contribution in [2.45, 2.75) is 0 Å². The van der Waals surface area contributed by atoms with Gasteiger partial charge in [-0.05, 0) is 60.8 Å². The summed E-state index contributed by atoms with van der Waals surface area (Å²) in [6, 6.07) is 19.9. The predicted molar refractivity (Wildman–Crippen MR) is 150 cm³/mol. The van der Waals surface area contributed by atoms with E-state index < -0.39 is 0 Å². The van der Waals surface area contributed by atoms with Crippen LogP contribution in [0.4, 0.5) is 11.5 Å². The second kappa shape index (κ2) is 10.4. The molecular weight excluding hydrogens is 490 g/mol. The number of rotatable bonds is 5. The fourth-order valence-corrected chi connectivity index (χ4v) is 4.35. The van der Waals surface area contributed by atoms with E-state index in [1.807, 2.05) is 65.7 Å². The van der Waals surface area contributed by atoms with Crippen molar-refractivity contribution in [2.24, 2.45) is 16.1 Å². The number of pyridine rings is 1. The van der Waals surface area contributed by atoms with Crippen LogP contribution in [0.25, 0.3) is 33.4 Å². The first-order valence-electron chi connectivity index (χ1n) is 11.5. The molecule has 2 aromatic heterocycles. The van der Waals surface area contributed by atoms with Crippen LogP contribution in [-0.2, 0) is 0 Å². The van der Waals surface area contributed by atoms with E-state index in [-0.39, 0.29) is 9.88 Å². The van der Waals surface area contributed by atoms with Crippen molar-refractivity contribution < 1.29 is 0 Å². The molecule has 5 rings (SSSR count). The van der Waals surface area contributed by atoms with Crippen LogP contribution in [0, 0.1) is 4.77 Å². The summed E-state index contributed by atoms with van der Waals surface area (Å²) < 4.78 is 0.282. The largest absolute Gasteiger partial charge is 0.376 e. The molecule has 1 fully saturated rings. The Morgan fingerprint density at radius 2 is 1.72 bits per heavy atom. The first-order chi connectivity index (χ1) is 17.5. The van der Waals surface area contributed by atoms with Gasteiger partial charge in [-0.25, -0.2) is 9.97 Å². The number of nitrogens with zero attached hydrogens (tertiary/aromatic N) is 6. The predicted octanol–water partition coefficient (Wildman–Crippen LogP) is 4.92. The highest BCUT2D eigenvalue weighted by Gasteiger charge is 2.16. The zero-order valence-electron chi connectivity index (χ0n) is 19.7. The van der Waals surface area contributed by atoms with Crippen LogP contribution in [0.2, 0.25) is 0 Å². The SMILES string of the molecule is CN1CCN(N=Nc2ccc(-c3cc(-c4ccccc4)c4c(NC(N)=S)nc(=S)[nH]c4n3)cc2)CC1. The van der Waals surface area contributed by atoms with Crippen LogP contribution in [-0.4, -0.2) is 63.2 Å². The smallest absolute Gasteiger partial charge is 0.200 e. The van der Waals surface area contributed by atoms with Gasteiger partial charge < -0.3 is 20.9 Å². The van der Waals surface area contributed by atoms with Gasteiger partial charge in [0.15, 0.2) is 9.88 Å². The number of aromatic amines is 1. The van der Waals surface area contributed by atoms with E-state index in [0.717, 1.165) is 59.6 Å². The number of benzene rings is 2. The molecule has 4 aromatic rings. The maximum Gasteiger partial charge on any atom is 0.200 e. The number of likely N-dealkylation sites (N-methyl/N-ethyl adjacent to an activating group) is 1. The highest BCUT2D eigenvalue weighted by atomic mass is 32.1. The topological polar surface area (TPSA) is 111 Å². The van der Waals surface area contributed by atoms with Gasteiger partial charge >= 0.3 is 0 Å². The Balaban J connectivity index is 1.54. The molecule has 9 nitrogen and oxygen atoms in total. The highest BCUT2D eigenvalue weighted by Crippen LogP contribution is 2.35. The third-order valence-corrected chi connectivity index (χ3v) is 6.25. The average molecular weight is 516 g/mol. The lowest BCUT2D eigenvalue weighted by Crippen LogP contribution is -2.41. The summed E-state index contributed by atoms with van der Waals surface area (Å²) in [5.74, 6) is 0.471. The fraction of sp³-hybridized carbons (Fsp3) is 0.200. The van der Waals surface area contributed by atoms with Gasteiger partial charge in [-0.15, -0.1) is 5.11 Å². The monoisotopic (exact) mass is 515 g/mol. The number of thiocarbonyl (C=S) groups is 1. The minimum atomic E-state index is 0.105. The van der Waals surface area contributed by atoms with Crippen LogP contribution in [0.5, 0.6) is 0 Å². The van der Waals surface area contributed by atoms with Crippen LogP contribution in [0.3, 0.4) is 0 Å². The molecule has 3 heterocycles. The first-order valence-corrected chi connectivity index (χ1v) is 12.3. The second-order valence-corrected chi connectivity index (χ2v) is 9.34. The highest BCUT2D eigenvalue weighted by molar-refractivity contribution is 7.80. The van der Waals surface area contributed by atoms with E-state index >= 15 is 0 Å². The minimum absolute atomic E-state index is 0.105. The molecule has 0 amide bonds. The Labute approximate surface area is 219 Å². The second-order valence-electron chi connectivity index (χ2n) is 8.52. The summed E-state index contributed by atoms with van der Waals surface area (Å²) in [7, 11) is 2.12. The molecule has 1 aliphatic rings. The number of aromatic nitrogens is 3. The maximum absolute atomic E-state index is 5.76. The summed E-state index contributed by atoms with van der Waals surface area (Å²) in [6.45, 7) is 3.73. The molecule has 0 unspecified atom stereocenters. The van der Waals surface area contributed by atoms with Crippen molar-refractivity contribution in [1.82, 2.24) is 24.9 Å². The number of fused-ring (bicyclic) bond motifs is 1. The molecule has 0 bridgehead atoms. The number of anilines is 1. The van der Waals surface area contributed by atoms with Crippen LogP contribution >= 0.6 is 24.4 Å². The van der Waals surface area contributed by atoms with Gasteiger partial charge in [0, 0.05) is 18.7 Å². The summed E-state index contributed by atoms with van der Waals surface area (Å²) >= 11 is 10.4. The number of nitrogens with two attached hydrogens (primary N) is 1. The molecule has 0 aliphatic carbocycles. The molecule has 2 aromatic carbocycles. The average Bonchev–Trinajstić information content (AvgIpc) is 2.88. The van der Waals surface area contributed by atoms with E-state index in [4.69, 9.17) is 35.2 Å². The Kier molecular flexibility index (Phi) is 6.94. The maximum atomic E-state index is 5.76. The van der Waals surface area contributed by atoms with Crippen molar-refractivity contribution in [3.8, 4) is 22.4 Å². The molecular formula is C25H25N9S2. The minimum Gasteiger partial charge on any atom is -0.376 e. The van der Waals surface area contributed by atoms with E-state index in [1.165, 1.54) is 0 Å². The molecule has 0 atom stereocenters. The van der Waals surface area contributed by atoms with Gasteiger partial charge in [-0.2, -0.15) is 0 Å². The van der Waals surface area contributed by atoms with Crippen LogP contribution in [0.1, 0.15) is 0 Å². The van der Waals surface area contributed by atoms with Crippen LogP contribution in [0.15, 0.2) is 71.0 Å². The van der Waals surface area contributed by atoms with Gasteiger partial charge in [0.2, 0.25) is 0 Å². The van der Waals surface area contributed by atoms with E-state index in [9.17, 15) is 0 Å². The van der Waals surface area contributed by atoms with Gasteiger partial charge in [-0.3, -0.25) is 5.01 Å². The molecule has 0 spiro atoms. The quantitative estimate of drug-likeness (QED) is 0.254. The molecule has 4 N–H and O–H groups in total. The van der Waals surface area contributed by atoms with Gasteiger partial charge in [-0.1, -0.05) is 47.7 Å². The number of hydrogen-bond acceptors (Lipinski definition) is 7. The lowest BCUT2D eigenvalue weighted by atomic mass is 9.99. The van der Waals surface area contributed by atoms with Gasteiger partial charge in [0.05, 0.1) is 29.9 Å².